The van der Waals surface area contributed by atoms with Crippen LogP contribution in [0.3, 0.4) is 0 Å². The number of halogens is 3. The monoisotopic (exact) mass is 370 g/mol. The zero-order valence-electron chi connectivity index (χ0n) is 11.2. The number of benzene rings is 2. The highest BCUT2D eigenvalue weighted by molar-refractivity contribution is 9.10. The first-order valence-electron chi connectivity index (χ1n) is 6.20. The second-order valence-electron chi connectivity index (χ2n) is 4.57. The van der Waals surface area contributed by atoms with Gasteiger partial charge in [0.25, 0.3) is 0 Å². The SMILES string of the molecule is CC(Nc1ccc(C(N)=S)c(Br)c1F)c1cccc(F)c1. The van der Waals surface area contributed by atoms with Crippen LogP contribution in [-0.2, 0) is 0 Å². The fourth-order valence-electron chi connectivity index (χ4n) is 1.94. The summed E-state index contributed by atoms with van der Waals surface area (Å²) < 4.78 is 27.7. The van der Waals surface area contributed by atoms with E-state index >= 15 is 0 Å². The maximum Gasteiger partial charge on any atom is 0.161 e. The molecule has 2 aromatic carbocycles. The highest BCUT2D eigenvalue weighted by Crippen LogP contribution is 2.29. The van der Waals surface area contributed by atoms with Crippen LogP contribution in [0.15, 0.2) is 40.9 Å². The number of hydrogen-bond donors (Lipinski definition) is 2. The molecule has 0 aliphatic rings. The molecule has 1 atom stereocenters. The van der Waals surface area contributed by atoms with Gasteiger partial charge in [-0.15, -0.1) is 0 Å². The van der Waals surface area contributed by atoms with Crippen LogP contribution in [0.5, 0.6) is 0 Å². The molecule has 0 saturated heterocycles. The number of hydrogen-bond acceptors (Lipinski definition) is 2. The maximum atomic E-state index is 14.3. The van der Waals surface area contributed by atoms with E-state index in [-0.39, 0.29) is 21.3 Å². The molecule has 0 saturated carbocycles. The molecule has 21 heavy (non-hydrogen) atoms. The number of rotatable bonds is 4. The van der Waals surface area contributed by atoms with Gasteiger partial charge in [-0.3, -0.25) is 0 Å². The molecule has 6 heteroatoms. The van der Waals surface area contributed by atoms with Crippen molar-refractivity contribution >= 4 is 38.8 Å². The van der Waals surface area contributed by atoms with Gasteiger partial charge in [-0.25, -0.2) is 8.78 Å². The molecule has 0 aliphatic carbocycles. The van der Waals surface area contributed by atoms with Crippen LogP contribution in [0.25, 0.3) is 0 Å². The molecule has 0 spiro atoms. The maximum absolute atomic E-state index is 14.3. The van der Waals surface area contributed by atoms with E-state index in [0.29, 0.717) is 11.3 Å². The number of nitrogens with one attached hydrogen (secondary N) is 1. The molecule has 0 bridgehead atoms. The van der Waals surface area contributed by atoms with E-state index in [9.17, 15) is 8.78 Å². The first kappa shape index (κ1) is 15.9. The average molecular weight is 371 g/mol. The van der Waals surface area contributed by atoms with Crippen molar-refractivity contribution in [2.45, 2.75) is 13.0 Å². The lowest BCUT2D eigenvalue weighted by Crippen LogP contribution is -2.13. The molecule has 0 radical (unpaired) electrons. The van der Waals surface area contributed by atoms with Crippen molar-refractivity contribution in [1.82, 2.24) is 0 Å². The molecule has 110 valence electrons. The summed E-state index contributed by atoms with van der Waals surface area (Å²) in [5, 5.41) is 3.00. The van der Waals surface area contributed by atoms with Gasteiger partial charge in [0, 0.05) is 11.6 Å². The fraction of sp³-hybridized carbons (Fsp3) is 0.133. The molecular formula is C15H13BrF2N2S. The molecule has 3 N–H and O–H groups in total. The lowest BCUT2D eigenvalue weighted by atomic mass is 10.1. The Balaban J connectivity index is 2.28. The van der Waals surface area contributed by atoms with Crippen molar-refractivity contribution in [2.24, 2.45) is 5.73 Å². The summed E-state index contributed by atoms with van der Waals surface area (Å²) in [6.45, 7) is 1.82. The average Bonchev–Trinajstić information content (AvgIpc) is 2.43. The van der Waals surface area contributed by atoms with Crippen molar-refractivity contribution in [3.8, 4) is 0 Å². The summed E-state index contributed by atoms with van der Waals surface area (Å²) in [6.07, 6.45) is 0. The zero-order chi connectivity index (χ0) is 15.6. The van der Waals surface area contributed by atoms with E-state index in [1.807, 2.05) is 6.92 Å². The molecule has 1 unspecified atom stereocenters. The van der Waals surface area contributed by atoms with Crippen molar-refractivity contribution in [1.29, 1.82) is 0 Å². The molecular weight excluding hydrogens is 358 g/mol. The Hall–Kier alpha value is -1.53. The van der Waals surface area contributed by atoms with Gasteiger partial charge in [0.1, 0.15) is 10.8 Å². The van der Waals surface area contributed by atoms with Gasteiger partial charge >= 0.3 is 0 Å². The Bertz CT molecular complexity index is 691. The first-order chi connectivity index (χ1) is 9.90. The number of thiocarbonyl (C=S) groups is 1. The van der Waals surface area contributed by atoms with Crippen LogP contribution < -0.4 is 11.1 Å². The van der Waals surface area contributed by atoms with Crippen LogP contribution >= 0.6 is 28.1 Å². The van der Waals surface area contributed by atoms with Gasteiger partial charge < -0.3 is 11.1 Å². The molecule has 2 aromatic rings. The van der Waals surface area contributed by atoms with Crippen LogP contribution in [-0.4, -0.2) is 4.99 Å². The lowest BCUT2D eigenvalue weighted by molar-refractivity contribution is 0.617. The lowest BCUT2D eigenvalue weighted by Gasteiger charge is -2.17. The summed E-state index contributed by atoms with van der Waals surface area (Å²) in [4.78, 5) is 0.116. The van der Waals surface area contributed by atoms with Gasteiger partial charge in [0.15, 0.2) is 5.82 Å². The van der Waals surface area contributed by atoms with Crippen LogP contribution in [0, 0.1) is 11.6 Å². The minimum Gasteiger partial charge on any atom is -0.389 e. The smallest absolute Gasteiger partial charge is 0.161 e. The standard InChI is InChI=1S/C15H13BrF2N2S/c1-8(9-3-2-4-10(17)7-9)20-12-6-5-11(15(19)21)13(16)14(12)18/h2-8,20H,1H3,(H2,19,21). The van der Waals surface area contributed by atoms with Gasteiger partial charge in [0.05, 0.1) is 10.2 Å². The van der Waals surface area contributed by atoms with Gasteiger partial charge in [-0.05, 0) is 52.7 Å². The largest absolute Gasteiger partial charge is 0.389 e. The molecule has 0 aromatic heterocycles. The number of nitrogens with two attached hydrogens (primary N) is 1. The topological polar surface area (TPSA) is 38.0 Å². The minimum atomic E-state index is -0.483. The zero-order valence-corrected chi connectivity index (χ0v) is 13.6. The molecule has 0 fully saturated rings. The molecule has 2 nitrogen and oxygen atoms in total. The van der Waals surface area contributed by atoms with Crippen LogP contribution in [0.1, 0.15) is 24.1 Å². The Morgan fingerprint density at radius 3 is 2.62 bits per heavy atom. The van der Waals surface area contributed by atoms with E-state index in [1.165, 1.54) is 12.1 Å². The van der Waals surface area contributed by atoms with E-state index < -0.39 is 5.82 Å². The molecule has 0 amide bonds. The van der Waals surface area contributed by atoms with E-state index in [1.54, 1.807) is 24.3 Å². The molecule has 0 aliphatic heterocycles. The van der Waals surface area contributed by atoms with Crippen molar-refractivity contribution < 1.29 is 8.78 Å². The Morgan fingerprint density at radius 2 is 2.00 bits per heavy atom. The quantitative estimate of drug-likeness (QED) is 0.776. The fourth-order valence-corrected chi connectivity index (χ4v) is 2.80. The Morgan fingerprint density at radius 1 is 1.29 bits per heavy atom. The summed E-state index contributed by atoms with van der Waals surface area (Å²) in [7, 11) is 0. The minimum absolute atomic E-state index is 0.116. The first-order valence-corrected chi connectivity index (χ1v) is 7.40. The Labute approximate surface area is 135 Å². The Kier molecular flexibility index (Phi) is 4.90. The van der Waals surface area contributed by atoms with Crippen LogP contribution in [0.2, 0.25) is 0 Å². The van der Waals surface area contributed by atoms with Gasteiger partial charge in [-0.1, -0.05) is 24.4 Å². The third kappa shape index (κ3) is 3.57. The highest BCUT2D eigenvalue weighted by atomic mass is 79.9. The summed E-state index contributed by atoms with van der Waals surface area (Å²) in [6, 6.07) is 9.11. The van der Waals surface area contributed by atoms with Gasteiger partial charge in [0.2, 0.25) is 0 Å². The van der Waals surface area contributed by atoms with Crippen molar-refractivity contribution in [2.75, 3.05) is 5.32 Å². The van der Waals surface area contributed by atoms with Crippen molar-refractivity contribution in [3.05, 3.63) is 63.6 Å². The summed E-state index contributed by atoms with van der Waals surface area (Å²) in [5.74, 6) is -0.810. The molecule has 2 rings (SSSR count). The van der Waals surface area contributed by atoms with E-state index in [4.69, 9.17) is 18.0 Å². The third-order valence-corrected chi connectivity index (χ3v) is 4.06. The second kappa shape index (κ2) is 6.49. The summed E-state index contributed by atoms with van der Waals surface area (Å²) >= 11 is 8.00. The molecule has 0 heterocycles. The van der Waals surface area contributed by atoms with Crippen LogP contribution in [0.4, 0.5) is 14.5 Å². The predicted molar refractivity (Wildman–Crippen MR) is 88.4 cm³/mol. The van der Waals surface area contributed by atoms with Gasteiger partial charge in [-0.2, -0.15) is 0 Å². The summed E-state index contributed by atoms with van der Waals surface area (Å²) in [5.41, 5.74) is 6.97. The predicted octanol–water partition coefficient (Wildman–Crippen LogP) is 4.53. The van der Waals surface area contributed by atoms with Crippen molar-refractivity contribution in [3.63, 3.8) is 0 Å². The number of anilines is 1. The normalized spacial score (nSPS) is 12.0. The second-order valence-corrected chi connectivity index (χ2v) is 5.81. The third-order valence-electron chi connectivity index (χ3n) is 3.07. The van der Waals surface area contributed by atoms with E-state index in [2.05, 4.69) is 21.2 Å². The van der Waals surface area contributed by atoms with E-state index in [0.717, 1.165) is 5.56 Å². The highest BCUT2D eigenvalue weighted by Gasteiger charge is 2.15.